The van der Waals surface area contributed by atoms with Crippen LogP contribution in [0.15, 0.2) is 23.8 Å². The van der Waals surface area contributed by atoms with Crippen molar-refractivity contribution >= 4 is 0 Å². The molecule has 78 valence electrons. The van der Waals surface area contributed by atoms with Crippen molar-refractivity contribution in [2.45, 2.75) is 18.4 Å². The highest BCUT2D eigenvalue weighted by Crippen LogP contribution is 2.43. The quantitative estimate of drug-likeness (QED) is 0.650. The number of rotatable bonds is 1. The van der Waals surface area contributed by atoms with Crippen LogP contribution >= 0.6 is 0 Å². The number of nitrogens with zero attached hydrogens (tertiary/aromatic N) is 1. The van der Waals surface area contributed by atoms with Gasteiger partial charge in [-0.05, 0) is 12.8 Å². The highest BCUT2D eigenvalue weighted by Gasteiger charge is 2.48. The molecule has 0 aromatic rings. The summed E-state index contributed by atoms with van der Waals surface area (Å²) in [4.78, 5) is 1.91. The van der Waals surface area contributed by atoms with Crippen LogP contribution in [0.1, 0.15) is 12.8 Å². The molecule has 0 amide bonds. The summed E-state index contributed by atoms with van der Waals surface area (Å²) in [5.74, 6) is 0. The topological polar surface area (TPSA) is 23.5 Å². The highest BCUT2D eigenvalue weighted by atomic mass is 19.3. The Balaban J connectivity index is 2.27. The molecule has 14 heavy (non-hydrogen) atoms. The molecule has 2 nitrogen and oxygen atoms in total. The van der Waals surface area contributed by atoms with Crippen molar-refractivity contribution in [2.24, 2.45) is 0 Å². The third-order valence-corrected chi connectivity index (χ3v) is 3.15. The van der Waals surface area contributed by atoms with Gasteiger partial charge in [-0.1, -0.05) is 12.2 Å². The summed E-state index contributed by atoms with van der Waals surface area (Å²) in [6, 6.07) is 0. The Labute approximate surface area is 81.5 Å². The summed E-state index contributed by atoms with van der Waals surface area (Å²) in [6.45, 7) is 4.69. The first-order valence-electron chi connectivity index (χ1n) is 4.63. The van der Waals surface area contributed by atoms with Crippen molar-refractivity contribution in [1.29, 1.82) is 0 Å². The third kappa shape index (κ3) is 1.29. The molecule has 2 aliphatic rings. The molecule has 1 atom stereocenters. The number of halogens is 2. The van der Waals surface area contributed by atoms with Gasteiger partial charge in [0.1, 0.15) is 0 Å². The minimum atomic E-state index is -1.59. The van der Waals surface area contributed by atoms with E-state index in [2.05, 4.69) is 6.58 Å². The second kappa shape index (κ2) is 3.14. The average molecular weight is 201 g/mol. The number of hydrogen-bond acceptors (Lipinski definition) is 2. The van der Waals surface area contributed by atoms with Gasteiger partial charge in [0.05, 0.1) is 12.1 Å². The zero-order valence-electron chi connectivity index (χ0n) is 7.89. The number of hydrogen-bond donors (Lipinski definition) is 1. The average Bonchev–Trinajstić information content (AvgIpc) is 2.57. The number of aliphatic hydroxyl groups is 1. The molecule has 0 spiro atoms. The number of fused-ring (bicyclic) bond motifs is 1. The maximum atomic E-state index is 12.4. The minimum absolute atomic E-state index is 0.0667. The lowest BCUT2D eigenvalue weighted by atomic mass is 9.92. The van der Waals surface area contributed by atoms with Crippen molar-refractivity contribution in [3.63, 3.8) is 0 Å². The van der Waals surface area contributed by atoms with Gasteiger partial charge in [-0.25, -0.2) is 0 Å². The van der Waals surface area contributed by atoms with E-state index in [0.717, 1.165) is 5.57 Å². The zero-order chi connectivity index (χ0) is 10.3. The second-order valence-electron chi connectivity index (χ2n) is 4.21. The van der Waals surface area contributed by atoms with Crippen molar-refractivity contribution in [2.75, 3.05) is 19.7 Å². The van der Waals surface area contributed by atoms with Crippen LogP contribution in [0.25, 0.3) is 0 Å². The summed E-state index contributed by atoms with van der Waals surface area (Å²) in [5.41, 5.74) is 0.722. The van der Waals surface area contributed by atoms with Gasteiger partial charge in [0, 0.05) is 18.7 Å². The molecule has 0 radical (unpaired) electrons. The van der Waals surface area contributed by atoms with Gasteiger partial charge >= 0.3 is 0 Å². The molecule has 2 rings (SSSR count). The summed E-state index contributed by atoms with van der Waals surface area (Å²) >= 11 is 0. The lowest BCUT2D eigenvalue weighted by Crippen LogP contribution is -2.41. The second-order valence-corrected chi connectivity index (χ2v) is 4.21. The Morgan fingerprint density at radius 3 is 2.64 bits per heavy atom. The fraction of sp³-hybridized carbons (Fsp3) is 0.600. The Bertz CT molecular complexity index is 309. The molecule has 0 saturated carbocycles. The molecule has 4 heteroatoms. The molecule has 0 aromatic carbocycles. The largest absolute Gasteiger partial charge is 0.394 e. The molecule has 1 N–H and O–H groups in total. The van der Waals surface area contributed by atoms with E-state index in [9.17, 15) is 13.9 Å². The highest BCUT2D eigenvalue weighted by molar-refractivity contribution is 5.27. The third-order valence-electron chi connectivity index (χ3n) is 3.15. The predicted molar refractivity (Wildman–Crippen MR) is 49.0 cm³/mol. The van der Waals surface area contributed by atoms with Gasteiger partial charge < -0.3 is 5.11 Å². The van der Waals surface area contributed by atoms with Crippen LogP contribution in [-0.2, 0) is 0 Å². The first-order valence-corrected chi connectivity index (χ1v) is 4.63. The first-order chi connectivity index (χ1) is 6.57. The SMILES string of the molecule is C=C1CN2CC(=C(F)F)CC2(CO)C1. The summed E-state index contributed by atoms with van der Waals surface area (Å²) < 4.78 is 24.8. The van der Waals surface area contributed by atoms with Gasteiger partial charge in [0.2, 0.25) is 0 Å². The van der Waals surface area contributed by atoms with Crippen molar-refractivity contribution in [3.05, 3.63) is 23.8 Å². The van der Waals surface area contributed by atoms with Crippen LogP contribution in [0.2, 0.25) is 0 Å². The Kier molecular flexibility index (Phi) is 2.20. The van der Waals surface area contributed by atoms with Crippen LogP contribution in [0, 0.1) is 0 Å². The summed E-state index contributed by atoms with van der Waals surface area (Å²) in [7, 11) is 0. The fourth-order valence-corrected chi connectivity index (χ4v) is 2.49. The maximum Gasteiger partial charge on any atom is 0.270 e. The van der Waals surface area contributed by atoms with E-state index < -0.39 is 11.6 Å². The van der Waals surface area contributed by atoms with Crippen molar-refractivity contribution in [1.82, 2.24) is 4.90 Å². The molecule has 2 saturated heterocycles. The van der Waals surface area contributed by atoms with Gasteiger partial charge in [-0.2, -0.15) is 8.78 Å². The van der Waals surface area contributed by atoms with Crippen molar-refractivity contribution < 1.29 is 13.9 Å². The summed E-state index contributed by atoms with van der Waals surface area (Å²) in [5, 5.41) is 9.29. The van der Waals surface area contributed by atoms with Crippen LogP contribution < -0.4 is 0 Å². The Hall–Kier alpha value is -0.740. The van der Waals surface area contributed by atoms with Gasteiger partial charge in [-0.15, -0.1) is 0 Å². The van der Waals surface area contributed by atoms with Gasteiger partial charge in [0.25, 0.3) is 6.08 Å². The van der Waals surface area contributed by atoms with E-state index in [1.165, 1.54) is 0 Å². The molecular formula is C10H13F2NO. The van der Waals surface area contributed by atoms with E-state index in [1.807, 2.05) is 4.90 Å². The Morgan fingerprint density at radius 2 is 2.14 bits per heavy atom. The lowest BCUT2D eigenvalue weighted by Gasteiger charge is -2.28. The van der Waals surface area contributed by atoms with Crippen LogP contribution in [0.3, 0.4) is 0 Å². The van der Waals surface area contributed by atoms with Gasteiger partial charge in [-0.3, -0.25) is 4.90 Å². The van der Waals surface area contributed by atoms with Crippen LogP contribution in [0.4, 0.5) is 8.78 Å². The molecule has 2 fully saturated rings. The van der Waals surface area contributed by atoms with E-state index >= 15 is 0 Å². The van der Waals surface area contributed by atoms with Crippen LogP contribution in [-0.4, -0.2) is 35.2 Å². The molecule has 0 bridgehead atoms. The van der Waals surface area contributed by atoms with E-state index in [0.29, 0.717) is 13.0 Å². The zero-order valence-corrected chi connectivity index (χ0v) is 7.89. The molecule has 0 aromatic heterocycles. The molecule has 1 unspecified atom stereocenters. The minimum Gasteiger partial charge on any atom is -0.394 e. The van der Waals surface area contributed by atoms with E-state index in [4.69, 9.17) is 0 Å². The predicted octanol–water partition coefficient (Wildman–Crippen LogP) is 1.53. The molecular weight excluding hydrogens is 188 g/mol. The summed E-state index contributed by atoms with van der Waals surface area (Å²) in [6.07, 6.45) is -0.664. The molecule has 2 aliphatic heterocycles. The smallest absolute Gasteiger partial charge is 0.270 e. The monoisotopic (exact) mass is 201 g/mol. The first kappa shape index (κ1) is 9.80. The maximum absolute atomic E-state index is 12.4. The van der Waals surface area contributed by atoms with Gasteiger partial charge in [0.15, 0.2) is 0 Å². The molecule has 0 aliphatic carbocycles. The van der Waals surface area contributed by atoms with E-state index in [-0.39, 0.29) is 25.1 Å². The normalized spacial score (nSPS) is 32.5. The van der Waals surface area contributed by atoms with Crippen molar-refractivity contribution in [3.8, 4) is 0 Å². The molecule has 2 heterocycles. The Morgan fingerprint density at radius 1 is 1.43 bits per heavy atom. The fourth-order valence-electron chi connectivity index (χ4n) is 2.49. The van der Waals surface area contributed by atoms with Crippen LogP contribution in [0.5, 0.6) is 0 Å². The standard InChI is InChI=1S/C10H13F2NO/c1-7-2-10(6-14)3-8(9(11)12)5-13(10)4-7/h14H,1-6H2. The number of aliphatic hydroxyl groups excluding tert-OH is 1. The van der Waals surface area contributed by atoms with E-state index in [1.54, 1.807) is 0 Å². The lowest BCUT2D eigenvalue weighted by molar-refractivity contribution is 0.100.